The van der Waals surface area contributed by atoms with Crippen molar-refractivity contribution in [2.24, 2.45) is 0 Å². The predicted molar refractivity (Wildman–Crippen MR) is 1.37 cm³/mol. The summed E-state index contributed by atoms with van der Waals surface area (Å²) in [6, 6.07) is 0. The monoisotopic (exact) mass is 227 g/mol. The van der Waals surface area contributed by atoms with Crippen LogP contribution in [0.1, 0.15) is 0 Å². The van der Waals surface area contributed by atoms with Gasteiger partial charge < -0.3 is 0 Å². The van der Waals surface area contributed by atoms with Crippen LogP contribution in [-0.2, 0) is 20.7 Å². The Kier molecular flexibility index (Phi) is 55.8. The van der Waals surface area contributed by atoms with E-state index in [1.807, 2.05) is 0 Å². The molecule has 23 valence electrons. The Labute approximate surface area is 59.5 Å². The fourth-order valence-electron chi connectivity index (χ4n) is 0. The van der Waals surface area contributed by atoms with E-state index in [9.17, 15) is 0 Å². The van der Waals surface area contributed by atoms with Crippen molar-refractivity contribution in [3.05, 3.63) is 0 Å². The summed E-state index contributed by atoms with van der Waals surface area (Å²) >= 11 is 1.74. The number of rotatable bonds is 0. The van der Waals surface area contributed by atoms with Gasteiger partial charge in [0.2, 0.25) is 0 Å². The van der Waals surface area contributed by atoms with Gasteiger partial charge in [-0.2, -0.15) is 0 Å². The molecule has 2 nitrogen and oxygen atoms in total. The van der Waals surface area contributed by atoms with Crippen molar-refractivity contribution >= 4 is 0 Å². The van der Waals surface area contributed by atoms with Gasteiger partial charge in [-0.3, -0.25) is 0 Å². The van der Waals surface area contributed by atoms with Crippen LogP contribution < -0.4 is 0 Å². The van der Waals surface area contributed by atoms with Crippen LogP contribution in [0.3, 0.4) is 0 Å². The molecule has 0 aliphatic heterocycles. The van der Waals surface area contributed by atoms with Crippen molar-refractivity contribution in [2.75, 3.05) is 0 Å². The van der Waals surface area contributed by atoms with E-state index >= 15 is 0 Å². The molecule has 0 saturated heterocycles. The quantitative estimate of drug-likeness (QED) is 0.535. The first-order valence-corrected chi connectivity index (χ1v) is 2.12. The molecule has 4 heteroatoms. The Balaban J connectivity index is 0. The predicted octanol–water partition coefficient (Wildman–Crippen LogP) is -0.240. The van der Waals surface area contributed by atoms with Gasteiger partial charge in [-0.15, -0.1) is 0 Å². The van der Waals surface area contributed by atoms with Crippen molar-refractivity contribution in [1.82, 2.24) is 0 Å². The van der Waals surface area contributed by atoms with Gasteiger partial charge in [0.25, 0.3) is 0 Å². The normalized spacial score (nSPS) is 1.75. The van der Waals surface area contributed by atoms with E-state index in [4.69, 9.17) is 4.77 Å². The van der Waals surface area contributed by atoms with Crippen molar-refractivity contribution in [1.29, 1.82) is 0 Å². The first kappa shape index (κ1) is 9.09. The molecule has 0 bridgehead atoms. The van der Waals surface area contributed by atoms with Crippen LogP contribution in [0.15, 0.2) is 0 Å². The molecular formula is CeMnO2. The van der Waals surface area contributed by atoms with Gasteiger partial charge in [-0.05, 0) is 0 Å². The average molecular weight is 227 g/mol. The molecule has 0 unspecified atom stereocenters. The van der Waals surface area contributed by atoms with E-state index in [0.717, 1.165) is 0 Å². The molecule has 0 saturated carbocycles. The van der Waals surface area contributed by atoms with Gasteiger partial charge in [0, 0.05) is 0 Å². The second-order valence-corrected chi connectivity index (χ2v) is 0. The number of hydrogen-bond acceptors (Lipinski definition) is 2. The van der Waals surface area contributed by atoms with E-state index in [0.29, 0.717) is 0 Å². The Morgan fingerprint density at radius 3 is 1.25 bits per heavy atom. The second kappa shape index (κ2) is 24.6. The summed E-state index contributed by atoms with van der Waals surface area (Å²) in [5, 5.41) is 0. The Morgan fingerprint density at radius 1 is 1.25 bits per heavy atom. The Morgan fingerprint density at radius 2 is 1.25 bits per heavy atom. The van der Waals surface area contributed by atoms with Crippen molar-refractivity contribution < 1.29 is 60.5 Å². The zero-order chi connectivity index (χ0) is 4.00. The molecule has 0 amide bonds. The second-order valence-electron chi connectivity index (χ2n) is 0. The molecule has 0 radical (unpaired) electrons. The summed E-state index contributed by atoms with van der Waals surface area (Å²) in [6.45, 7) is 0. The van der Waals surface area contributed by atoms with E-state index in [-0.39, 0.29) is 39.8 Å². The average Bonchev–Trinajstić information content (AvgIpc) is 1.50. The van der Waals surface area contributed by atoms with Crippen LogP contribution in [0, 0.1) is 39.8 Å². The van der Waals surface area contributed by atoms with Gasteiger partial charge in [-0.25, -0.2) is 0 Å². The van der Waals surface area contributed by atoms with Crippen LogP contribution in [0.25, 0.3) is 0 Å². The summed E-state index contributed by atoms with van der Waals surface area (Å²) in [7, 11) is 0. The zero-order valence-corrected chi connectivity index (χ0v) is 6.01. The molecule has 0 fully saturated rings. The third-order valence-electron chi connectivity index (χ3n) is 0. The molecular weight excluding hydrogens is 227 g/mol. The first-order valence-electron chi connectivity index (χ1n) is 0.358. The van der Waals surface area contributed by atoms with Crippen LogP contribution in [0.5, 0.6) is 0 Å². The maximum atomic E-state index is 8.39. The van der Waals surface area contributed by atoms with Gasteiger partial charge in [0.1, 0.15) is 0 Å². The fraction of sp³-hybridized carbons (Fsp3) is 0. The maximum absolute atomic E-state index is 8.39. The van der Waals surface area contributed by atoms with Crippen LogP contribution in [0.2, 0.25) is 0 Å². The molecule has 0 rings (SSSR count). The van der Waals surface area contributed by atoms with Crippen molar-refractivity contribution in [3.63, 3.8) is 0 Å². The third kappa shape index (κ3) is 9.73. The SMILES string of the molecule is [O]=[Ce].[O]=[Mn]. The minimum atomic E-state index is 0.0556. The van der Waals surface area contributed by atoms with Gasteiger partial charge in [0.05, 0.1) is 0 Å². The third-order valence-corrected chi connectivity index (χ3v) is 0. The molecule has 4 heavy (non-hydrogen) atoms. The molecule has 0 atom stereocenters. The van der Waals surface area contributed by atoms with Crippen LogP contribution >= 0.6 is 0 Å². The topological polar surface area (TPSA) is 34.1 Å². The molecule has 0 aromatic rings. The van der Waals surface area contributed by atoms with Crippen molar-refractivity contribution in [3.8, 4) is 0 Å². The van der Waals surface area contributed by atoms with E-state index in [2.05, 4.69) is 0 Å². The molecule has 0 aliphatic carbocycles. The van der Waals surface area contributed by atoms with E-state index in [1.165, 1.54) is 0 Å². The van der Waals surface area contributed by atoms with Crippen LogP contribution in [-0.4, -0.2) is 0 Å². The van der Waals surface area contributed by atoms with Crippen LogP contribution in [0.4, 0.5) is 0 Å². The molecule has 0 aliphatic rings. The van der Waals surface area contributed by atoms with Gasteiger partial charge in [-0.1, -0.05) is 0 Å². The molecule has 0 aromatic heterocycles. The number of hydrogen-bond donors (Lipinski definition) is 0. The summed E-state index contributed by atoms with van der Waals surface area (Å²) in [5.74, 6) is 0. The molecule has 0 heterocycles. The zero-order valence-electron chi connectivity index (χ0n) is 1.69. The summed E-state index contributed by atoms with van der Waals surface area (Å²) in [6.07, 6.45) is 0. The fourth-order valence-corrected chi connectivity index (χ4v) is 0. The van der Waals surface area contributed by atoms with E-state index in [1.54, 1.807) is 15.9 Å². The summed E-state index contributed by atoms with van der Waals surface area (Å²) < 4.78 is 16.5. The minimum absolute atomic E-state index is 0.0556. The first-order chi connectivity index (χ1) is 2.00. The molecule has 0 spiro atoms. The van der Waals surface area contributed by atoms with Crippen molar-refractivity contribution in [2.45, 2.75) is 0 Å². The Hall–Kier alpha value is 1.50. The molecule has 0 aromatic carbocycles. The molecule has 0 N–H and O–H groups in total. The summed E-state index contributed by atoms with van der Waals surface area (Å²) in [5.41, 5.74) is 0. The van der Waals surface area contributed by atoms with Gasteiger partial charge >= 0.3 is 60.5 Å². The summed E-state index contributed by atoms with van der Waals surface area (Å²) in [4.78, 5) is 0. The van der Waals surface area contributed by atoms with E-state index < -0.39 is 0 Å². The Bertz CT molecular complexity index is 8.00. The van der Waals surface area contributed by atoms with Gasteiger partial charge in [0.15, 0.2) is 0 Å². The standard InChI is InChI=1S/Ce.Mn.2O.